The van der Waals surface area contributed by atoms with Gasteiger partial charge in [-0.2, -0.15) is 0 Å². The van der Waals surface area contributed by atoms with Gasteiger partial charge in [-0.3, -0.25) is 4.79 Å². The number of hydrogen-bond acceptors (Lipinski definition) is 4. The summed E-state index contributed by atoms with van der Waals surface area (Å²) < 4.78 is 10.3. The van der Waals surface area contributed by atoms with Crippen molar-refractivity contribution in [2.75, 3.05) is 26.1 Å². The smallest absolute Gasteiger partial charge is 0.241 e. The Balaban J connectivity index is 1.94. The van der Waals surface area contributed by atoms with E-state index in [1.807, 2.05) is 18.2 Å². The molecule has 2 atom stereocenters. The van der Waals surface area contributed by atoms with E-state index in [9.17, 15) is 4.79 Å². The SMILES string of the molecule is COc1cccc(NC(=O)C2CC(OC)CN2)c1. The van der Waals surface area contributed by atoms with E-state index in [1.54, 1.807) is 20.3 Å². The predicted octanol–water partition coefficient (Wildman–Crippen LogP) is 1.01. The standard InChI is InChI=1S/C13H18N2O3/c1-17-10-5-3-4-9(6-10)15-13(16)12-7-11(18-2)8-14-12/h3-6,11-12,14H,7-8H2,1-2H3,(H,15,16). The number of methoxy groups -OCH3 is 2. The highest BCUT2D eigenvalue weighted by Gasteiger charge is 2.29. The molecule has 1 aromatic carbocycles. The maximum Gasteiger partial charge on any atom is 0.241 e. The first-order valence-electron chi connectivity index (χ1n) is 5.94. The number of carbonyl (C=O) groups is 1. The van der Waals surface area contributed by atoms with Crippen LogP contribution in [0.3, 0.4) is 0 Å². The minimum atomic E-state index is -0.193. The van der Waals surface area contributed by atoms with E-state index in [0.29, 0.717) is 13.0 Å². The van der Waals surface area contributed by atoms with Gasteiger partial charge in [0.1, 0.15) is 5.75 Å². The molecule has 1 aliphatic heterocycles. The molecule has 1 saturated heterocycles. The number of anilines is 1. The van der Waals surface area contributed by atoms with E-state index in [4.69, 9.17) is 9.47 Å². The lowest BCUT2D eigenvalue weighted by molar-refractivity contribution is -0.118. The minimum absolute atomic E-state index is 0.0391. The maximum absolute atomic E-state index is 12.0. The van der Waals surface area contributed by atoms with E-state index in [1.165, 1.54) is 0 Å². The monoisotopic (exact) mass is 250 g/mol. The van der Waals surface area contributed by atoms with Crippen molar-refractivity contribution in [2.45, 2.75) is 18.6 Å². The fourth-order valence-corrected chi connectivity index (χ4v) is 2.01. The Morgan fingerprint density at radius 1 is 1.44 bits per heavy atom. The first-order valence-corrected chi connectivity index (χ1v) is 5.94. The van der Waals surface area contributed by atoms with Gasteiger partial charge in [0, 0.05) is 25.4 Å². The van der Waals surface area contributed by atoms with Crippen LogP contribution in [0.1, 0.15) is 6.42 Å². The second-order valence-electron chi connectivity index (χ2n) is 4.28. The predicted molar refractivity (Wildman–Crippen MR) is 68.8 cm³/mol. The highest BCUT2D eigenvalue weighted by atomic mass is 16.5. The summed E-state index contributed by atoms with van der Waals surface area (Å²) in [6.45, 7) is 0.715. The highest BCUT2D eigenvalue weighted by molar-refractivity contribution is 5.95. The van der Waals surface area contributed by atoms with Gasteiger partial charge in [-0.15, -0.1) is 0 Å². The van der Waals surface area contributed by atoms with Gasteiger partial charge in [-0.25, -0.2) is 0 Å². The van der Waals surface area contributed by atoms with Crippen molar-refractivity contribution < 1.29 is 14.3 Å². The van der Waals surface area contributed by atoms with Crippen LogP contribution >= 0.6 is 0 Å². The Bertz CT molecular complexity index is 422. The molecule has 2 unspecified atom stereocenters. The Morgan fingerprint density at radius 2 is 2.28 bits per heavy atom. The van der Waals surface area contributed by atoms with Crippen molar-refractivity contribution in [3.8, 4) is 5.75 Å². The van der Waals surface area contributed by atoms with Crippen LogP contribution in [-0.2, 0) is 9.53 Å². The normalized spacial score (nSPS) is 22.8. The average molecular weight is 250 g/mol. The van der Waals surface area contributed by atoms with Crippen molar-refractivity contribution in [3.63, 3.8) is 0 Å². The van der Waals surface area contributed by atoms with E-state index in [0.717, 1.165) is 11.4 Å². The Kier molecular flexibility index (Phi) is 4.17. The van der Waals surface area contributed by atoms with Crippen molar-refractivity contribution in [3.05, 3.63) is 24.3 Å². The summed E-state index contributed by atoms with van der Waals surface area (Å²) in [5.41, 5.74) is 0.738. The molecule has 5 nitrogen and oxygen atoms in total. The third-order valence-electron chi connectivity index (χ3n) is 3.08. The van der Waals surface area contributed by atoms with Crippen molar-refractivity contribution in [1.29, 1.82) is 0 Å². The molecule has 98 valence electrons. The number of rotatable bonds is 4. The molecule has 0 saturated carbocycles. The van der Waals surface area contributed by atoms with E-state index >= 15 is 0 Å². The molecule has 18 heavy (non-hydrogen) atoms. The lowest BCUT2D eigenvalue weighted by atomic mass is 10.2. The summed E-state index contributed by atoms with van der Waals surface area (Å²) in [7, 11) is 3.26. The van der Waals surface area contributed by atoms with Crippen molar-refractivity contribution in [2.24, 2.45) is 0 Å². The first kappa shape index (κ1) is 12.9. The second kappa shape index (κ2) is 5.84. The molecule has 0 spiro atoms. The van der Waals surface area contributed by atoms with E-state index in [2.05, 4.69) is 10.6 Å². The van der Waals surface area contributed by atoms with Crippen LogP contribution in [0, 0.1) is 0 Å². The van der Waals surface area contributed by atoms with Crippen molar-refractivity contribution >= 4 is 11.6 Å². The summed E-state index contributed by atoms with van der Waals surface area (Å²) in [5.74, 6) is 0.685. The summed E-state index contributed by atoms with van der Waals surface area (Å²) in [6, 6.07) is 7.11. The number of hydrogen-bond donors (Lipinski definition) is 2. The van der Waals surface area contributed by atoms with Gasteiger partial charge in [-0.05, 0) is 18.6 Å². The first-order chi connectivity index (χ1) is 8.72. The molecule has 2 rings (SSSR count). The molecule has 1 aromatic rings. The molecule has 0 radical (unpaired) electrons. The third kappa shape index (κ3) is 3.00. The summed E-state index contributed by atoms with van der Waals surface area (Å²) in [6.07, 6.45) is 0.817. The lowest BCUT2D eigenvalue weighted by Crippen LogP contribution is -2.35. The molecule has 0 bridgehead atoms. The zero-order chi connectivity index (χ0) is 13.0. The Morgan fingerprint density at radius 3 is 2.94 bits per heavy atom. The zero-order valence-electron chi connectivity index (χ0n) is 10.6. The quantitative estimate of drug-likeness (QED) is 0.837. The summed E-state index contributed by atoms with van der Waals surface area (Å²) in [5, 5.41) is 6.00. The number of nitrogens with one attached hydrogen (secondary N) is 2. The minimum Gasteiger partial charge on any atom is -0.497 e. The van der Waals surface area contributed by atoms with Crippen LogP contribution in [0.5, 0.6) is 5.75 Å². The topological polar surface area (TPSA) is 59.6 Å². The fourth-order valence-electron chi connectivity index (χ4n) is 2.01. The molecule has 5 heteroatoms. The summed E-state index contributed by atoms with van der Waals surface area (Å²) in [4.78, 5) is 12.0. The molecular formula is C13H18N2O3. The molecule has 1 amide bonds. The van der Waals surface area contributed by atoms with Crippen LogP contribution in [0.4, 0.5) is 5.69 Å². The van der Waals surface area contributed by atoms with Crippen LogP contribution < -0.4 is 15.4 Å². The fraction of sp³-hybridized carbons (Fsp3) is 0.462. The van der Waals surface area contributed by atoms with Gasteiger partial charge in [0.25, 0.3) is 0 Å². The van der Waals surface area contributed by atoms with Gasteiger partial charge in [0.15, 0.2) is 0 Å². The van der Waals surface area contributed by atoms with E-state index in [-0.39, 0.29) is 18.1 Å². The summed E-state index contributed by atoms with van der Waals surface area (Å²) >= 11 is 0. The molecule has 1 heterocycles. The van der Waals surface area contributed by atoms with Gasteiger partial charge >= 0.3 is 0 Å². The van der Waals surface area contributed by atoms with Gasteiger partial charge in [-0.1, -0.05) is 6.07 Å². The Labute approximate surface area is 106 Å². The average Bonchev–Trinajstić information content (AvgIpc) is 2.88. The second-order valence-corrected chi connectivity index (χ2v) is 4.28. The molecular weight excluding hydrogens is 232 g/mol. The number of benzene rings is 1. The largest absolute Gasteiger partial charge is 0.497 e. The van der Waals surface area contributed by atoms with E-state index < -0.39 is 0 Å². The number of ether oxygens (including phenoxy) is 2. The highest BCUT2D eigenvalue weighted by Crippen LogP contribution is 2.18. The van der Waals surface area contributed by atoms with Gasteiger partial charge in [0.2, 0.25) is 5.91 Å². The molecule has 1 aliphatic rings. The van der Waals surface area contributed by atoms with Crippen LogP contribution in [0.2, 0.25) is 0 Å². The number of carbonyl (C=O) groups excluding carboxylic acids is 1. The molecule has 0 aromatic heterocycles. The molecule has 2 N–H and O–H groups in total. The van der Waals surface area contributed by atoms with Crippen LogP contribution in [0.15, 0.2) is 24.3 Å². The van der Waals surface area contributed by atoms with Crippen molar-refractivity contribution in [1.82, 2.24) is 5.32 Å². The maximum atomic E-state index is 12.0. The molecule has 0 aliphatic carbocycles. The van der Waals surface area contributed by atoms with Gasteiger partial charge in [0.05, 0.1) is 19.3 Å². The van der Waals surface area contributed by atoms with Crippen LogP contribution in [0.25, 0.3) is 0 Å². The lowest BCUT2D eigenvalue weighted by Gasteiger charge is -2.12. The molecule has 1 fully saturated rings. The Hall–Kier alpha value is -1.59. The third-order valence-corrected chi connectivity index (χ3v) is 3.08. The zero-order valence-corrected chi connectivity index (χ0v) is 10.6. The number of amides is 1. The van der Waals surface area contributed by atoms with Gasteiger partial charge < -0.3 is 20.1 Å². The van der Waals surface area contributed by atoms with Crippen LogP contribution in [-0.4, -0.2) is 38.8 Å².